The lowest BCUT2D eigenvalue weighted by atomic mass is 10.0. The predicted octanol–water partition coefficient (Wildman–Crippen LogP) is 4.87. The number of benzene rings is 2. The third-order valence-corrected chi connectivity index (χ3v) is 9.96. The molecule has 11 heteroatoms. The third kappa shape index (κ3) is 5.15. The average Bonchev–Trinajstić information content (AvgIpc) is 3.48. The van der Waals surface area contributed by atoms with Crippen molar-refractivity contribution in [2.45, 2.75) is 21.9 Å². The van der Waals surface area contributed by atoms with Crippen molar-refractivity contribution in [2.24, 2.45) is 0 Å². The van der Waals surface area contributed by atoms with E-state index in [0.717, 1.165) is 26.7 Å². The van der Waals surface area contributed by atoms with Crippen molar-refractivity contribution < 1.29 is 19.1 Å². The molecule has 4 heterocycles. The molecule has 0 bridgehead atoms. The van der Waals surface area contributed by atoms with E-state index < -0.39 is 18.1 Å². The van der Waals surface area contributed by atoms with E-state index in [0.29, 0.717) is 17.1 Å². The number of fused-ring (bicyclic) bond motifs is 1. The van der Waals surface area contributed by atoms with Crippen LogP contribution < -0.4 is 5.32 Å². The molecule has 2 unspecified atom stereocenters. The molecule has 0 radical (unpaired) electrons. The summed E-state index contributed by atoms with van der Waals surface area (Å²) in [5, 5.41) is 4.14. The zero-order valence-corrected chi connectivity index (χ0v) is 23.3. The van der Waals surface area contributed by atoms with Gasteiger partial charge in [0.2, 0.25) is 6.41 Å². The molecule has 2 atom stereocenters. The fourth-order valence-corrected chi connectivity index (χ4v) is 8.03. The maximum atomic E-state index is 14.0. The molecule has 1 saturated heterocycles. The monoisotopic (exact) mass is 586 g/mol. The second kappa shape index (κ2) is 11.7. The van der Waals surface area contributed by atoms with Gasteiger partial charge in [-0.15, -0.1) is 23.1 Å². The average molecular weight is 587 g/mol. The third-order valence-electron chi connectivity index (χ3n) is 6.47. The Morgan fingerprint density at radius 2 is 1.73 bits per heavy atom. The molecule has 2 amide bonds. The van der Waals surface area contributed by atoms with Gasteiger partial charge in [-0.2, -0.15) is 0 Å². The van der Waals surface area contributed by atoms with Gasteiger partial charge in [0.25, 0.3) is 5.91 Å². The summed E-state index contributed by atoms with van der Waals surface area (Å²) in [7, 11) is 0. The summed E-state index contributed by atoms with van der Waals surface area (Å²) in [6, 6.07) is 22.1. The number of carbonyl (C=O) groups is 3. The highest BCUT2D eigenvalue weighted by Crippen LogP contribution is 2.46. The molecule has 4 aromatic rings. The standard InChI is InChI=1S/C29H22N4O4S3/c34-17-31-23-26(35)33-24(28(36)37-25(19-7-3-1-4-8-19)20-9-5-2-6-10-20)22(16-38-27(23)33)40-29-32-21(15-39-29)18-11-13-30-14-12-18/h1-15,17,23,25,27H,16H2,(H,31,34). The summed E-state index contributed by atoms with van der Waals surface area (Å²) in [6.07, 6.45) is 3.28. The molecule has 1 fully saturated rings. The topological polar surface area (TPSA) is 101 Å². The van der Waals surface area contributed by atoms with Crippen LogP contribution >= 0.6 is 34.9 Å². The molecule has 200 valence electrons. The normalized spacial score (nSPS) is 18.2. The smallest absolute Gasteiger partial charge is 0.356 e. The summed E-state index contributed by atoms with van der Waals surface area (Å²) < 4.78 is 6.91. The number of hydrogen-bond donors (Lipinski definition) is 1. The van der Waals surface area contributed by atoms with Gasteiger partial charge in [0.1, 0.15) is 17.1 Å². The number of rotatable bonds is 9. The van der Waals surface area contributed by atoms with Crippen molar-refractivity contribution in [1.82, 2.24) is 20.2 Å². The van der Waals surface area contributed by atoms with Gasteiger partial charge in [0.15, 0.2) is 10.4 Å². The van der Waals surface area contributed by atoms with Crippen LogP contribution in [0.4, 0.5) is 0 Å². The second-order valence-corrected chi connectivity index (χ2v) is 12.2. The van der Waals surface area contributed by atoms with Gasteiger partial charge < -0.3 is 10.1 Å². The highest BCUT2D eigenvalue weighted by atomic mass is 32.2. The van der Waals surface area contributed by atoms with Gasteiger partial charge in [0, 0.05) is 34.0 Å². The Morgan fingerprint density at radius 1 is 1.05 bits per heavy atom. The number of amides is 2. The SMILES string of the molecule is O=CNC1C(=O)N2C(C(=O)OC(c3ccccc3)c3ccccc3)=C(Sc3nc(-c4ccncc4)cs3)CSC12. The van der Waals surface area contributed by atoms with E-state index in [2.05, 4.69) is 10.3 Å². The largest absolute Gasteiger partial charge is 0.448 e. The minimum Gasteiger partial charge on any atom is -0.448 e. The summed E-state index contributed by atoms with van der Waals surface area (Å²) in [5.41, 5.74) is 3.58. The van der Waals surface area contributed by atoms with Gasteiger partial charge in [0.05, 0.1) is 5.69 Å². The molecule has 2 aliphatic rings. The van der Waals surface area contributed by atoms with Gasteiger partial charge in [-0.05, 0) is 23.3 Å². The van der Waals surface area contributed by atoms with Crippen LogP contribution in [0.25, 0.3) is 11.3 Å². The predicted molar refractivity (Wildman–Crippen MR) is 155 cm³/mol. The lowest BCUT2D eigenvalue weighted by Gasteiger charge is -2.49. The van der Waals surface area contributed by atoms with Crippen LogP contribution in [-0.4, -0.2) is 50.3 Å². The van der Waals surface area contributed by atoms with Crippen LogP contribution in [0.2, 0.25) is 0 Å². The number of aromatic nitrogens is 2. The van der Waals surface area contributed by atoms with Gasteiger partial charge in [-0.3, -0.25) is 19.5 Å². The van der Waals surface area contributed by atoms with Gasteiger partial charge in [-0.25, -0.2) is 9.78 Å². The molecule has 2 aliphatic heterocycles. The number of nitrogens with one attached hydrogen (secondary N) is 1. The van der Waals surface area contributed by atoms with Gasteiger partial charge >= 0.3 is 5.97 Å². The minimum absolute atomic E-state index is 0.195. The Hall–Kier alpha value is -3.93. The van der Waals surface area contributed by atoms with E-state index in [-0.39, 0.29) is 17.0 Å². The fourth-order valence-electron chi connectivity index (χ4n) is 4.56. The summed E-state index contributed by atoms with van der Waals surface area (Å²) in [4.78, 5) is 49.2. The molecule has 8 nitrogen and oxygen atoms in total. The molecule has 1 N–H and O–H groups in total. The van der Waals surface area contributed by atoms with E-state index in [1.54, 1.807) is 12.4 Å². The van der Waals surface area contributed by atoms with Crippen LogP contribution in [0, 0.1) is 0 Å². The molecular weight excluding hydrogens is 565 g/mol. The fraction of sp³-hybridized carbons (Fsp3) is 0.138. The van der Waals surface area contributed by atoms with Crippen molar-refractivity contribution in [3.8, 4) is 11.3 Å². The molecule has 0 saturated carbocycles. The zero-order valence-electron chi connectivity index (χ0n) is 20.9. The Labute approximate surface area is 242 Å². The first-order chi connectivity index (χ1) is 19.6. The first-order valence-corrected chi connectivity index (χ1v) is 15.1. The summed E-state index contributed by atoms with van der Waals surface area (Å²) >= 11 is 4.31. The van der Waals surface area contributed by atoms with E-state index in [1.807, 2.05) is 78.2 Å². The molecule has 40 heavy (non-hydrogen) atoms. The Morgan fingerprint density at radius 3 is 2.38 bits per heavy atom. The lowest BCUT2D eigenvalue weighted by Crippen LogP contribution is -2.69. The first-order valence-electron chi connectivity index (χ1n) is 12.4. The molecule has 0 aliphatic carbocycles. The maximum Gasteiger partial charge on any atom is 0.356 e. The number of β-lactam (4-membered cyclic amide) rings is 1. The Bertz CT molecular complexity index is 1520. The molecule has 2 aromatic heterocycles. The maximum absolute atomic E-state index is 14.0. The number of pyridine rings is 1. The minimum atomic E-state index is -0.686. The Kier molecular flexibility index (Phi) is 7.67. The van der Waals surface area contributed by atoms with Crippen molar-refractivity contribution in [2.75, 3.05) is 5.75 Å². The van der Waals surface area contributed by atoms with E-state index in [1.165, 1.54) is 39.8 Å². The number of carbonyl (C=O) groups excluding carboxylic acids is 3. The molecule has 6 rings (SSSR count). The van der Waals surface area contributed by atoms with Crippen LogP contribution in [0.3, 0.4) is 0 Å². The quantitative estimate of drug-likeness (QED) is 0.168. The van der Waals surface area contributed by atoms with Crippen molar-refractivity contribution >= 4 is 53.1 Å². The molecular formula is C29H22N4O4S3. The molecule has 2 aromatic carbocycles. The summed E-state index contributed by atoms with van der Waals surface area (Å²) in [6.45, 7) is 0. The van der Waals surface area contributed by atoms with Crippen molar-refractivity contribution in [1.29, 1.82) is 0 Å². The number of thiazole rings is 1. The van der Waals surface area contributed by atoms with Crippen LogP contribution in [-0.2, 0) is 19.1 Å². The van der Waals surface area contributed by atoms with Crippen molar-refractivity contribution in [3.63, 3.8) is 0 Å². The number of hydrogen-bond acceptors (Lipinski definition) is 9. The second-order valence-electron chi connectivity index (χ2n) is 8.89. The van der Waals surface area contributed by atoms with E-state index in [4.69, 9.17) is 9.72 Å². The lowest BCUT2D eigenvalue weighted by molar-refractivity contribution is -0.154. The van der Waals surface area contributed by atoms with Crippen LogP contribution in [0.1, 0.15) is 17.2 Å². The van der Waals surface area contributed by atoms with E-state index in [9.17, 15) is 14.4 Å². The van der Waals surface area contributed by atoms with Crippen LogP contribution in [0.15, 0.2) is 106 Å². The molecule has 0 spiro atoms. The number of ether oxygens (including phenoxy) is 1. The number of nitrogens with zero attached hydrogens (tertiary/aromatic N) is 3. The zero-order chi connectivity index (χ0) is 27.5. The number of esters is 1. The van der Waals surface area contributed by atoms with E-state index >= 15 is 0 Å². The van der Waals surface area contributed by atoms with Crippen LogP contribution in [0.5, 0.6) is 0 Å². The summed E-state index contributed by atoms with van der Waals surface area (Å²) in [5.74, 6) is -0.484. The highest BCUT2D eigenvalue weighted by molar-refractivity contribution is 8.07. The number of thioether (sulfide) groups is 2. The van der Waals surface area contributed by atoms with Crippen molar-refractivity contribution in [3.05, 3.63) is 112 Å². The Balaban J connectivity index is 1.35. The van der Waals surface area contributed by atoms with Gasteiger partial charge in [-0.1, -0.05) is 72.4 Å². The highest BCUT2D eigenvalue weighted by Gasteiger charge is 2.54. The first kappa shape index (κ1) is 26.3.